The molecule has 1 aromatic rings. The number of nitro benzene ring substituents is 1. The molecule has 0 fully saturated rings. The molecule has 0 amide bonds. The minimum Gasteiger partial charge on any atom is -0.871 e. The number of hydrogen-bond acceptors (Lipinski definition) is 6. The van der Waals surface area contributed by atoms with Crippen molar-refractivity contribution in [2.45, 2.75) is 13.8 Å². The molecule has 0 N–H and O–H groups in total. The average Bonchev–Trinajstić information content (AvgIpc) is 2.38. The van der Waals surface area contributed by atoms with E-state index in [1.165, 1.54) is 12.1 Å². The van der Waals surface area contributed by atoms with Gasteiger partial charge in [-0.2, -0.15) is 0 Å². The Bertz CT molecular complexity index is 573. The van der Waals surface area contributed by atoms with E-state index < -0.39 is 28.0 Å². The lowest BCUT2D eigenvalue weighted by molar-refractivity contribution is -0.384. The van der Waals surface area contributed by atoms with Crippen molar-refractivity contribution in [1.82, 2.24) is 0 Å². The second kappa shape index (κ2) is 6.46. The number of nitrogens with zero attached hydrogens (tertiary/aromatic N) is 1. The number of carbonyl (C=O) groups is 2. The maximum Gasteiger partial charge on any atom is 0.341 e. The molecular formula is C13H12NO6-. The summed E-state index contributed by atoms with van der Waals surface area (Å²) in [7, 11) is 0. The Morgan fingerprint density at radius 3 is 2.20 bits per heavy atom. The zero-order valence-corrected chi connectivity index (χ0v) is 10.9. The maximum absolute atomic E-state index is 12.1. The van der Waals surface area contributed by atoms with Crippen LogP contribution in [0.3, 0.4) is 0 Å². The Morgan fingerprint density at radius 2 is 1.80 bits per heavy atom. The third-order valence-electron chi connectivity index (χ3n) is 2.40. The lowest BCUT2D eigenvalue weighted by Gasteiger charge is -2.16. The summed E-state index contributed by atoms with van der Waals surface area (Å²) in [6, 6.07) is 4.61. The number of nitro groups is 1. The molecule has 1 aromatic carbocycles. The second-order valence-corrected chi connectivity index (χ2v) is 3.78. The zero-order valence-electron chi connectivity index (χ0n) is 10.9. The van der Waals surface area contributed by atoms with Crippen LogP contribution in [0.15, 0.2) is 29.8 Å². The number of carbonyl (C=O) groups excluding carboxylic acids is 2. The molecule has 0 saturated carbocycles. The van der Waals surface area contributed by atoms with E-state index in [0.717, 1.165) is 19.1 Å². The van der Waals surface area contributed by atoms with Crippen molar-refractivity contribution in [2.75, 3.05) is 6.61 Å². The third kappa shape index (κ3) is 3.41. The van der Waals surface area contributed by atoms with Gasteiger partial charge in [0.05, 0.1) is 17.1 Å². The van der Waals surface area contributed by atoms with Gasteiger partial charge in [0.15, 0.2) is 5.78 Å². The topological polar surface area (TPSA) is 110 Å². The molecule has 7 heteroatoms. The highest BCUT2D eigenvalue weighted by atomic mass is 16.6. The van der Waals surface area contributed by atoms with Crippen molar-refractivity contribution in [1.29, 1.82) is 0 Å². The van der Waals surface area contributed by atoms with E-state index in [9.17, 15) is 24.8 Å². The van der Waals surface area contributed by atoms with Crippen molar-refractivity contribution in [2.24, 2.45) is 0 Å². The summed E-state index contributed by atoms with van der Waals surface area (Å²) in [5.41, 5.74) is -0.781. The molecule has 0 unspecified atom stereocenters. The highest BCUT2D eigenvalue weighted by Crippen LogP contribution is 2.19. The number of ether oxygens (including phenoxy) is 1. The molecule has 0 atom stereocenters. The van der Waals surface area contributed by atoms with Crippen molar-refractivity contribution in [3.8, 4) is 0 Å². The quantitative estimate of drug-likeness (QED) is 0.150. The van der Waals surface area contributed by atoms with Gasteiger partial charge >= 0.3 is 5.97 Å². The highest BCUT2D eigenvalue weighted by Gasteiger charge is 2.17. The first-order chi connectivity index (χ1) is 9.38. The van der Waals surface area contributed by atoms with Crippen LogP contribution in [0.5, 0.6) is 0 Å². The van der Waals surface area contributed by atoms with Gasteiger partial charge in [-0.1, -0.05) is 5.76 Å². The van der Waals surface area contributed by atoms with Crippen LogP contribution in [0.1, 0.15) is 19.4 Å². The molecule has 0 aliphatic rings. The number of rotatable bonds is 5. The van der Waals surface area contributed by atoms with Gasteiger partial charge in [0.2, 0.25) is 0 Å². The van der Waals surface area contributed by atoms with Crippen LogP contribution in [0, 0.1) is 10.1 Å². The fraction of sp³-hybridized carbons (Fsp3) is 0.231. The highest BCUT2D eigenvalue weighted by molar-refractivity contribution is 6.20. The molecule has 20 heavy (non-hydrogen) atoms. The number of non-ortho nitro benzene ring substituents is 1. The first kappa shape index (κ1) is 15.4. The standard InChI is InChI=1S/C13H13NO6/c1-3-20-13(17)11(8(2)15)12(16)9-4-6-10(7-5-9)14(18)19/h4-7,16H,3H2,1-2H3/p-1/b12-11-. The Hall–Kier alpha value is -2.70. The SMILES string of the molecule is CCOC(=O)/C(C(C)=O)=C(\[O-])c1ccc([N+](=O)[O-])cc1. The molecule has 0 radical (unpaired) electrons. The van der Waals surface area contributed by atoms with E-state index in [2.05, 4.69) is 4.74 Å². The van der Waals surface area contributed by atoms with Crippen LogP contribution < -0.4 is 5.11 Å². The molecular weight excluding hydrogens is 266 g/mol. The van der Waals surface area contributed by atoms with E-state index in [4.69, 9.17) is 0 Å². The number of benzene rings is 1. The van der Waals surface area contributed by atoms with Crippen LogP contribution in [0.2, 0.25) is 0 Å². The summed E-state index contributed by atoms with van der Waals surface area (Å²) in [5, 5.41) is 22.6. The summed E-state index contributed by atoms with van der Waals surface area (Å²) in [6.45, 7) is 2.66. The molecule has 0 saturated heterocycles. The molecule has 0 aliphatic carbocycles. The molecule has 0 aliphatic heterocycles. The van der Waals surface area contributed by atoms with Crippen molar-refractivity contribution >= 4 is 23.2 Å². The Labute approximate surface area is 114 Å². The predicted molar refractivity (Wildman–Crippen MR) is 67.3 cm³/mol. The molecule has 0 heterocycles. The first-order valence-corrected chi connectivity index (χ1v) is 5.72. The van der Waals surface area contributed by atoms with Crippen LogP contribution in [0.25, 0.3) is 5.76 Å². The van der Waals surface area contributed by atoms with Crippen molar-refractivity contribution in [3.05, 3.63) is 45.5 Å². The molecule has 0 spiro atoms. The van der Waals surface area contributed by atoms with Crippen LogP contribution >= 0.6 is 0 Å². The minimum absolute atomic E-state index is 0.00820. The lowest BCUT2D eigenvalue weighted by Crippen LogP contribution is -2.20. The van der Waals surface area contributed by atoms with E-state index in [0.29, 0.717) is 0 Å². The average molecular weight is 278 g/mol. The zero-order chi connectivity index (χ0) is 15.3. The van der Waals surface area contributed by atoms with Gasteiger partial charge in [-0.05, 0) is 31.5 Å². The third-order valence-corrected chi connectivity index (χ3v) is 2.40. The fourth-order valence-corrected chi connectivity index (χ4v) is 1.48. The predicted octanol–water partition coefficient (Wildman–Crippen LogP) is 0.818. The van der Waals surface area contributed by atoms with Gasteiger partial charge in [0, 0.05) is 12.1 Å². The summed E-state index contributed by atoms with van der Waals surface area (Å²) in [5.74, 6) is -2.53. The van der Waals surface area contributed by atoms with E-state index in [1.54, 1.807) is 6.92 Å². The Kier molecular flexibility index (Phi) is 4.96. The van der Waals surface area contributed by atoms with Crippen LogP contribution in [-0.4, -0.2) is 23.3 Å². The monoisotopic (exact) mass is 278 g/mol. The molecule has 0 bridgehead atoms. The molecule has 7 nitrogen and oxygen atoms in total. The lowest BCUT2D eigenvalue weighted by atomic mass is 10.1. The maximum atomic E-state index is 12.1. The van der Waals surface area contributed by atoms with Crippen molar-refractivity contribution in [3.63, 3.8) is 0 Å². The van der Waals surface area contributed by atoms with Gasteiger partial charge in [-0.25, -0.2) is 4.79 Å². The largest absolute Gasteiger partial charge is 0.871 e. The number of Topliss-reactive ketones (excluding diaryl/α,β-unsaturated/α-hetero) is 1. The van der Waals surface area contributed by atoms with Crippen molar-refractivity contribution < 1.29 is 24.4 Å². The number of hydrogen-bond donors (Lipinski definition) is 0. The Balaban J connectivity index is 3.24. The second-order valence-electron chi connectivity index (χ2n) is 3.78. The number of ketones is 1. The van der Waals surface area contributed by atoms with E-state index in [-0.39, 0.29) is 17.9 Å². The van der Waals surface area contributed by atoms with Crippen LogP contribution in [0.4, 0.5) is 5.69 Å². The molecule has 0 aromatic heterocycles. The smallest absolute Gasteiger partial charge is 0.341 e. The number of esters is 1. The van der Waals surface area contributed by atoms with Gasteiger partial charge in [0.25, 0.3) is 5.69 Å². The summed E-state index contributed by atoms with van der Waals surface area (Å²) < 4.78 is 4.64. The van der Waals surface area contributed by atoms with Gasteiger partial charge < -0.3 is 9.84 Å². The first-order valence-electron chi connectivity index (χ1n) is 5.72. The van der Waals surface area contributed by atoms with E-state index >= 15 is 0 Å². The normalized spacial score (nSPS) is 11.5. The minimum atomic E-state index is -0.997. The van der Waals surface area contributed by atoms with Crippen LogP contribution in [-0.2, 0) is 14.3 Å². The summed E-state index contributed by atoms with van der Waals surface area (Å²) in [4.78, 5) is 32.8. The van der Waals surface area contributed by atoms with Gasteiger partial charge in [-0.15, -0.1) is 0 Å². The summed E-state index contributed by atoms with van der Waals surface area (Å²) in [6.07, 6.45) is 0. The van der Waals surface area contributed by atoms with Gasteiger partial charge in [-0.3, -0.25) is 14.9 Å². The fourth-order valence-electron chi connectivity index (χ4n) is 1.48. The van der Waals surface area contributed by atoms with Gasteiger partial charge in [0.1, 0.15) is 0 Å². The molecule has 106 valence electrons. The molecule has 1 rings (SSSR count). The Morgan fingerprint density at radius 1 is 1.25 bits per heavy atom. The summed E-state index contributed by atoms with van der Waals surface area (Å²) >= 11 is 0. The van der Waals surface area contributed by atoms with E-state index in [1.807, 2.05) is 0 Å².